The van der Waals surface area contributed by atoms with Gasteiger partial charge < -0.3 is 10.2 Å². The molecule has 5 rings (SSSR count). The van der Waals surface area contributed by atoms with Crippen LogP contribution in [0.5, 0.6) is 0 Å². The number of nitrogens with zero attached hydrogens (tertiary/aromatic N) is 4. The van der Waals surface area contributed by atoms with E-state index >= 15 is 0 Å². The number of carbonyl (C=O) groups is 1. The van der Waals surface area contributed by atoms with E-state index in [-0.39, 0.29) is 23.9 Å². The highest BCUT2D eigenvalue weighted by Gasteiger charge is 2.37. The van der Waals surface area contributed by atoms with Crippen LogP contribution in [0.3, 0.4) is 0 Å². The standard InChI is InChI=1S/C24H23N5OS/c1-14-18-5-3-4-6-19(18)22-12-17(26-24(30)23-15(2)27-28-31-23)9-10-29(22)21-8-7-16(13-25)11-20(14)21/h3-8,11,14,17,22H,9-10,12H2,1-2H3,(H,26,30). The van der Waals surface area contributed by atoms with E-state index in [9.17, 15) is 10.1 Å². The fraction of sp³-hybridized carbons (Fsp3) is 0.333. The van der Waals surface area contributed by atoms with Gasteiger partial charge in [-0.05, 0) is 66.2 Å². The molecule has 1 aromatic heterocycles. The van der Waals surface area contributed by atoms with Gasteiger partial charge in [0, 0.05) is 24.2 Å². The first kappa shape index (κ1) is 19.7. The van der Waals surface area contributed by atoms with Crippen LogP contribution in [0.2, 0.25) is 0 Å². The van der Waals surface area contributed by atoms with Gasteiger partial charge in [-0.1, -0.05) is 35.7 Å². The molecule has 3 aromatic rings. The summed E-state index contributed by atoms with van der Waals surface area (Å²) in [6.07, 6.45) is 1.70. The van der Waals surface area contributed by atoms with Crippen LogP contribution in [-0.2, 0) is 0 Å². The molecule has 3 heterocycles. The number of benzene rings is 2. The van der Waals surface area contributed by atoms with Crippen molar-refractivity contribution in [3.05, 3.63) is 75.3 Å². The predicted molar refractivity (Wildman–Crippen MR) is 120 cm³/mol. The van der Waals surface area contributed by atoms with Crippen LogP contribution in [0.25, 0.3) is 0 Å². The van der Waals surface area contributed by atoms with Crippen molar-refractivity contribution >= 4 is 23.1 Å². The molecule has 7 heteroatoms. The van der Waals surface area contributed by atoms with Crippen LogP contribution in [0.15, 0.2) is 42.5 Å². The number of fused-ring (bicyclic) bond motifs is 5. The molecule has 0 aliphatic carbocycles. The number of aromatic nitrogens is 2. The number of aryl methyl sites for hydroxylation is 1. The summed E-state index contributed by atoms with van der Waals surface area (Å²) in [7, 11) is 0. The summed E-state index contributed by atoms with van der Waals surface area (Å²) in [4.78, 5) is 15.8. The van der Waals surface area contributed by atoms with Gasteiger partial charge in [-0.15, -0.1) is 5.10 Å². The summed E-state index contributed by atoms with van der Waals surface area (Å²) < 4.78 is 3.89. The minimum atomic E-state index is -0.0831. The number of hydrogen-bond acceptors (Lipinski definition) is 6. The number of rotatable bonds is 2. The van der Waals surface area contributed by atoms with Crippen molar-refractivity contribution in [2.75, 3.05) is 11.4 Å². The van der Waals surface area contributed by atoms with E-state index in [2.05, 4.69) is 63.1 Å². The summed E-state index contributed by atoms with van der Waals surface area (Å²) in [6, 6.07) is 17.2. The molecule has 0 saturated carbocycles. The summed E-state index contributed by atoms with van der Waals surface area (Å²) in [5, 5.41) is 16.6. The third kappa shape index (κ3) is 3.37. The van der Waals surface area contributed by atoms with Crippen LogP contribution in [0.1, 0.15) is 69.3 Å². The minimum Gasteiger partial charge on any atom is -0.364 e. The number of nitriles is 1. The Kier molecular flexibility index (Phi) is 4.95. The lowest BCUT2D eigenvalue weighted by molar-refractivity contribution is 0.0930. The summed E-state index contributed by atoms with van der Waals surface area (Å²) in [5.74, 6) is 0.115. The van der Waals surface area contributed by atoms with Gasteiger partial charge in [-0.2, -0.15) is 5.26 Å². The zero-order chi connectivity index (χ0) is 21.5. The number of carbonyl (C=O) groups excluding carboxylic acids is 1. The van der Waals surface area contributed by atoms with Crippen LogP contribution >= 0.6 is 11.5 Å². The highest BCUT2D eigenvalue weighted by Crippen LogP contribution is 2.46. The zero-order valence-electron chi connectivity index (χ0n) is 17.5. The quantitative estimate of drug-likeness (QED) is 0.656. The molecule has 3 atom stereocenters. The molecule has 1 fully saturated rings. The topological polar surface area (TPSA) is 81.9 Å². The first-order chi connectivity index (χ1) is 15.1. The van der Waals surface area contributed by atoms with Gasteiger partial charge in [-0.3, -0.25) is 4.79 Å². The number of anilines is 1. The molecule has 0 bridgehead atoms. The Balaban J connectivity index is 1.51. The normalized spacial score (nSPS) is 21.8. The number of piperidine rings is 1. The number of amides is 1. The maximum Gasteiger partial charge on any atom is 0.265 e. The van der Waals surface area contributed by atoms with Crippen LogP contribution in [0, 0.1) is 18.3 Å². The lowest BCUT2D eigenvalue weighted by atomic mass is 9.86. The van der Waals surface area contributed by atoms with Gasteiger partial charge in [0.2, 0.25) is 0 Å². The van der Waals surface area contributed by atoms with E-state index in [1.54, 1.807) is 0 Å². The Morgan fingerprint density at radius 2 is 2.03 bits per heavy atom. The van der Waals surface area contributed by atoms with E-state index in [1.807, 2.05) is 19.1 Å². The number of nitrogens with one attached hydrogen (secondary N) is 1. The highest BCUT2D eigenvalue weighted by molar-refractivity contribution is 7.08. The summed E-state index contributed by atoms with van der Waals surface area (Å²) >= 11 is 1.15. The van der Waals surface area contributed by atoms with Crippen LogP contribution < -0.4 is 10.2 Å². The molecular weight excluding hydrogens is 406 g/mol. The lowest BCUT2D eigenvalue weighted by Gasteiger charge is -2.41. The van der Waals surface area contributed by atoms with E-state index in [0.717, 1.165) is 30.9 Å². The zero-order valence-corrected chi connectivity index (χ0v) is 18.3. The first-order valence-electron chi connectivity index (χ1n) is 10.6. The molecule has 31 heavy (non-hydrogen) atoms. The Morgan fingerprint density at radius 1 is 1.23 bits per heavy atom. The van der Waals surface area contributed by atoms with E-state index in [0.29, 0.717) is 16.1 Å². The van der Waals surface area contributed by atoms with Crippen molar-refractivity contribution < 1.29 is 4.79 Å². The van der Waals surface area contributed by atoms with Crippen molar-refractivity contribution in [1.82, 2.24) is 14.9 Å². The van der Waals surface area contributed by atoms with Gasteiger partial charge in [0.25, 0.3) is 5.91 Å². The second-order valence-electron chi connectivity index (χ2n) is 8.33. The average molecular weight is 430 g/mol. The van der Waals surface area contributed by atoms with E-state index < -0.39 is 0 Å². The molecular formula is C24H23N5OS. The largest absolute Gasteiger partial charge is 0.364 e. The van der Waals surface area contributed by atoms with Gasteiger partial charge >= 0.3 is 0 Å². The monoisotopic (exact) mass is 429 g/mol. The molecule has 2 aromatic carbocycles. The Morgan fingerprint density at radius 3 is 2.77 bits per heavy atom. The van der Waals surface area contributed by atoms with Gasteiger partial charge in [0.05, 0.1) is 23.4 Å². The predicted octanol–water partition coefficient (Wildman–Crippen LogP) is 4.32. The fourth-order valence-corrected chi connectivity index (χ4v) is 5.54. The van der Waals surface area contributed by atoms with Gasteiger partial charge in [-0.25, -0.2) is 0 Å². The highest BCUT2D eigenvalue weighted by atomic mass is 32.1. The molecule has 2 aliphatic rings. The van der Waals surface area contributed by atoms with Crippen LogP contribution in [0.4, 0.5) is 5.69 Å². The van der Waals surface area contributed by atoms with Crippen LogP contribution in [-0.4, -0.2) is 28.1 Å². The molecule has 0 spiro atoms. The maximum atomic E-state index is 12.8. The molecule has 2 aliphatic heterocycles. The second-order valence-corrected chi connectivity index (χ2v) is 9.08. The summed E-state index contributed by atoms with van der Waals surface area (Å²) in [5.41, 5.74) is 6.36. The van der Waals surface area contributed by atoms with Crippen molar-refractivity contribution in [2.45, 2.75) is 44.7 Å². The molecule has 6 nitrogen and oxygen atoms in total. The summed E-state index contributed by atoms with van der Waals surface area (Å²) in [6.45, 7) is 4.88. The molecule has 1 N–H and O–H groups in total. The molecule has 1 amide bonds. The third-order valence-corrected chi connectivity index (χ3v) is 7.38. The van der Waals surface area contributed by atoms with E-state index in [1.165, 1.54) is 22.4 Å². The maximum absolute atomic E-state index is 12.8. The van der Waals surface area contributed by atoms with Crippen molar-refractivity contribution in [2.24, 2.45) is 0 Å². The molecule has 0 radical (unpaired) electrons. The Hall–Kier alpha value is -3.24. The molecule has 3 unspecified atom stereocenters. The fourth-order valence-electron chi connectivity index (χ4n) is 4.98. The van der Waals surface area contributed by atoms with Gasteiger partial charge in [0.1, 0.15) is 4.88 Å². The molecule has 1 saturated heterocycles. The van der Waals surface area contributed by atoms with Crippen molar-refractivity contribution in [1.29, 1.82) is 5.26 Å². The minimum absolute atomic E-state index is 0.0820. The van der Waals surface area contributed by atoms with E-state index in [4.69, 9.17) is 0 Å². The Bertz CT molecular complexity index is 1200. The number of hydrogen-bond donors (Lipinski definition) is 1. The van der Waals surface area contributed by atoms with Crippen molar-refractivity contribution in [3.8, 4) is 6.07 Å². The lowest BCUT2D eigenvalue weighted by Crippen LogP contribution is -2.46. The Labute approximate surface area is 185 Å². The third-order valence-electron chi connectivity index (χ3n) is 6.55. The van der Waals surface area contributed by atoms with Crippen molar-refractivity contribution in [3.63, 3.8) is 0 Å². The average Bonchev–Trinajstić information content (AvgIpc) is 3.20. The smallest absolute Gasteiger partial charge is 0.265 e. The first-order valence-corrected chi connectivity index (χ1v) is 11.3. The molecule has 156 valence electrons. The second kappa shape index (κ2) is 7.78. The SMILES string of the molecule is Cc1nnsc1C(=O)NC1CCN2c3ccc(C#N)cc3C(C)c3ccccc3C2C1. The van der Waals surface area contributed by atoms with Gasteiger partial charge in [0.15, 0.2) is 0 Å².